The van der Waals surface area contributed by atoms with Gasteiger partial charge in [0.25, 0.3) is 0 Å². The average molecular weight is 523 g/mol. The Hall–Kier alpha value is -3.39. The average Bonchev–Trinajstić information content (AvgIpc) is 2.82. The van der Waals surface area contributed by atoms with Gasteiger partial charge in [-0.05, 0) is 73.6 Å². The fraction of sp³-hybridized carbons (Fsp3) is 0.414. The number of hydrogen-bond acceptors (Lipinski definition) is 4. The minimum Gasteiger partial charge on any atom is -0.459 e. The van der Waals surface area contributed by atoms with Crippen LogP contribution in [0.1, 0.15) is 83.0 Å². The standard InChI is InChI=1S/C29H38N4O3S/c1-16(2)22-10-9-11-23(17(3)4)26(22)31-28(35)30-21-14-12-20(13-15-21)25-24(27(34)36-18(5)6)19(7)33(8)29(37)32-25/h9-18,25H,1-8H3,(H,32,37)(H2,30,31,35)/t25-/m0/s1. The zero-order valence-corrected chi connectivity index (χ0v) is 23.7. The Morgan fingerprint density at radius 2 is 1.51 bits per heavy atom. The number of urea groups is 1. The van der Waals surface area contributed by atoms with Gasteiger partial charge in [0.2, 0.25) is 0 Å². The molecule has 1 aliphatic heterocycles. The molecule has 37 heavy (non-hydrogen) atoms. The molecule has 198 valence electrons. The number of nitrogens with one attached hydrogen (secondary N) is 3. The van der Waals surface area contributed by atoms with Gasteiger partial charge in [0.1, 0.15) is 0 Å². The molecule has 1 heterocycles. The second kappa shape index (κ2) is 11.8. The summed E-state index contributed by atoms with van der Waals surface area (Å²) in [5.74, 6) is 0.162. The van der Waals surface area contributed by atoms with Gasteiger partial charge in [-0.1, -0.05) is 58.0 Å². The van der Waals surface area contributed by atoms with Crippen LogP contribution in [0.15, 0.2) is 53.7 Å². The first-order chi connectivity index (χ1) is 17.4. The number of amides is 2. The third-order valence-electron chi connectivity index (χ3n) is 6.43. The number of ether oxygens (including phenoxy) is 1. The fourth-order valence-corrected chi connectivity index (χ4v) is 4.61. The smallest absolute Gasteiger partial charge is 0.338 e. The van der Waals surface area contributed by atoms with E-state index in [9.17, 15) is 9.59 Å². The van der Waals surface area contributed by atoms with E-state index in [-0.39, 0.29) is 29.9 Å². The maximum atomic E-state index is 13.0. The maximum absolute atomic E-state index is 13.0. The van der Waals surface area contributed by atoms with Crippen molar-refractivity contribution in [3.05, 3.63) is 70.4 Å². The Morgan fingerprint density at radius 3 is 2.03 bits per heavy atom. The van der Waals surface area contributed by atoms with Crippen LogP contribution >= 0.6 is 12.2 Å². The predicted octanol–water partition coefficient (Wildman–Crippen LogP) is 6.66. The third kappa shape index (κ3) is 6.49. The summed E-state index contributed by atoms with van der Waals surface area (Å²) in [5.41, 5.74) is 5.79. The third-order valence-corrected chi connectivity index (χ3v) is 6.82. The van der Waals surface area contributed by atoms with Crippen LogP contribution < -0.4 is 16.0 Å². The van der Waals surface area contributed by atoms with E-state index in [0.29, 0.717) is 16.4 Å². The van der Waals surface area contributed by atoms with Crippen LogP contribution in [-0.4, -0.2) is 35.2 Å². The quantitative estimate of drug-likeness (QED) is 0.278. The molecular formula is C29H38N4O3S. The Morgan fingerprint density at radius 1 is 0.946 bits per heavy atom. The first-order valence-corrected chi connectivity index (χ1v) is 13.1. The molecule has 0 saturated heterocycles. The molecule has 0 fully saturated rings. The Bertz CT molecular complexity index is 1180. The topological polar surface area (TPSA) is 82.7 Å². The highest BCUT2D eigenvalue weighted by Gasteiger charge is 2.33. The normalized spacial score (nSPS) is 15.8. The van der Waals surface area contributed by atoms with E-state index < -0.39 is 6.04 Å². The second-order valence-corrected chi connectivity index (χ2v) is 10.6. The molecule has 0 saturated carbocycles. The first-order valence-electron chi connectivity index (χ1n) is 12.7. The Kier molecular flexibility index (Phi) is 8.97. The number of anilines is 2. The van der Waals surface area contributed by atoms with Crippen LogP contribution in [0.5, 0.6) is 0 Å². The number of nitrogens with zero attached hydrogens (tertiary/aromatic N) is 1. The molecule has 2 aromatic carbocycles. The van der Waals surface area contributed by atoms with E-state index >= 15 is 0 Å². The van der Waals surface area contributed by atoms with E-state index in [1.54, 1.807) is 4.90 Å². The van der Waals surface area contributed by atoms with Gasteiger partial charge in [-0.25, -0.2) is 9.59 Å². The number of carbonyl (C=O) groups is 2. The van der Waals surface area contributed by atoms with Crippen molar-refractivity contribution in [3.8, 4) is 0 Å². The molecule has 3 N–H and O–H groups in total. The van der Waals surface area contributed by atoms with Gasteiger partial charge in [-0.2, -0.15) is 0 Å². The number of esters is 1. The van der Waals surface area contributed by atoms with Gasteiger partial charge in [0, 0.05) is 24.1 Å². The first kappa shape index (κ1) is 28.2. The van der Waals surface area contributed by atoms with Gasteiger partial charge in [-0.15, -0.1) is 0 Å². The van der Waals surface area contributed by atoms with Gasteiger partial charge in [0.05, 0.1) is 17.7 Å². The highest BCUT2D eigenvalue weighted by Crippen LogP contribution is 2.33. The zero-order valence-electron chi connectivity index (χ0n) is 22.9. The second-order valence-electron chi connectivity index (χ2n) is 10.2. The number of thiocarbonyl (C=S) groups is 1. The molecule has 2 aromatic rings. The van der Waals surface area contributed by atoms with E-state index in [1.165, 1.54) is 0 Å². The molecule has 0 unspecified atom stereocenters. The summed E-state index contributed by atoms with van der Waals surface area (Å²) in [7, 11) is 1.82. The van der Waals surface area contributed by atoms with E-state index in [4.69, 9.17) is 17.0 Å². The summed E-state index contributed by atoms with van der Waals surface area (Å²) in [6, 6.07) is 12.8. The molecule has 2 amide bonds. The molecule has 7 nitrogen and oxygen atoms in total. The predicted molar refractivity (Wildman–Crippen MR) is 154 cm³/mol. The summed E-state index contributed by atoms with van der Waals surface area (Å²) >= 11 is 5.48. The SMILES string of the molecule is CC1=C(C(=O)OC(C)C)[C@H](c2ccc(NC(=O)Nc3c(C(C)C)cccc3C(C)C)cc2)NC(=S)N1C. The molecule has 1 aliphatic rings. The van der Waals surface area contributed by atoms with Crippen molar-refractivity contribution >= 4 is 40.7 Å². The van der Waals surface area contributed by atoms with Crippen molar-refractivity contribution in [1.82, 2.24) is 10.2 Å². The van der Waals surface area contributed by atoms with Crippen molar-refractivity contribution in [2.24, 2.45) is 0 Å². The molecule has 0 spiro atoms. The van der Waals surface area contributed by atoms with Crippen molar-refractivity contribution in [1.29, 1.82) is 0 Å². The number of benzene rings is 2. The van der Waals surface area contributed by atoms with Crippen LogP contribution in [0.25, 0.3) is 0 Å². The molecule has 0 bridgehead atoms. The lowest BCUT2D eigenvalue weighted by Crippen LogP contribution is -2.46. The van der Waals surface area contributed by atoms with Gasteiger partial charge in [0.15, 0.2) is 5.11 Å². The van der Waals surface area contributed by atoms with Crippen LogP contribution in [0.4, 0.5) is 16.2 Å². The van der Waals surface area contributed by atoms with Gasteiger partial charge < -0.3 is 25.6 Å². The summed E-state index contributed by atoms with van der Waals surface area (Å²) in [5, 5.41) is 9.77. The lowest BCUT2D eigenvalue weighted by Gasteiger charge is -2.35. The summed E-state index contributed by atoms with van der Waals surface area (Å²) in [4.78, 5) is 27.7. The minimum atomic E-state index is -0.454. The highest BCUT2D eigenvalue weighted by atomic mass is 32.1. The van der Waals surface area contributed by atoms with Crippen molar-refractivity contribution in [2.45, 2.75) is 72.4 Å². The number of carbonyl (C=O) groups excluding carboxylic acids is 2. The molecule has 8 heteroatoms. The van der Waals surface area contributed by atoms with Crippen molar-refractivity contribution in [2.75, 3.05) is 17.7 Å². The highest BCUT2D eigenvalue weighted by molar-refractivity contribution is 7.80. The van der Waals surface area contributed by atoms with Crippen LogP contribution in [0, 0.1) is 0 Å². The Labute approximate surface area is 225 Å². The van der Waals surface area contributed by atoms with E-state index in [1.807, 2.05) is 58.2 Å². The molecule has 0 radical (unpaired) electrons. The van der Waals surface area contributed by atoms with E-state index in [0.717, 1.165) is 28.1 Å². The molecule has 1 atom stereocenters. The largest absolute Gasteiger partial charge is 0.459 e. The number of rotatable bonds is 7. The molecular weight excluding hydrogens is 484 g/mol. The van der Waals surface area contributed by atoms with Gasteiger partial charge in [-0.3, -0.25) is 0 Å². The summed E-state index contributed by atoms with van der Waals surface area (Å²) < 4.78 is 5.51. The van der Waals surface area contributed by atoms with Crippen LogP contribution in [-0.2, 0) is 9.53 Å². The van der Waals surface area contributed by atoms with E-state index in [2.05, 4.69) is 55.8 Å². The number of para-hydroxylation sites is 1. The van der Waals surface area contributed by atoms with Crippen LogP contribution in [0.3, 0.4) is 0 Å². The lowest BCUT2D eigenvalue weighted by molar-refractivity contribution is -0.143. The molecule has 3 rings (SSSR count). The van der Waals surface area contributed by atoms with Crippen molar-refractivity contribution in [3.63, 3.8) is 0 Å². The summed E-state index contributed by atoms with van der Waals surface area (Å²) in [6.45, 7) is 14.0. The minimum absolute atomic E-state index is 0.241. The molecule has 0 aromatic heterocycles. The fourth-order valence-electron chi connectivity index (χ4n) is 4.36. The lowest BCUT2D eigenvalue weighted by atomic mass is 9.93. The van der Waals surface area contributed by atoms with Crippen molar-refractivity contribution < 1.29 is 14.3 Å². The van der Waals surface area contributed by atoms with Gasteiger partial charge >= 0.3 is 12.0 Å². The number of hydrogen-bond donors (Lipinski definition) is 3. The number of allylic oxidation sites excluding steroid dienone is 1. The molecule has 0 aliphatic carbocycles. The summed E-state index contributed by atoms with van der Waals surface area (Å²) in [6.07, 6.45) is -0.241. The Balaban J connectivity index is 1.82. The monoisotopic (exact) mass is 522 g/mol. The maximum Gasteiger partial charge on any atom is 0.338 e. The zero-order chi connectivity index (χ0) is 27.4. The van der Waals surface area contributed by atoms with Crippen LogP contribution in [0.2, 0.25) is 0 Å².